The molecule has 0 fully saturated rings. The highest BCUT2D eigenvalue weighted by atomic mass is 35.5. The van der Waals surface area contributed by atoms with Crippen molar-refractivity contribution in [2.45, 2.75) is 32.4 Å². The van der Waals surface area contributed by atoms with Gasteiger partial charge in [0, 0.05) is 22.7 Å². The molecule has 2 aromatic carbocycles. The van der Waals surface area contributed by atoms with E-state index in [2.05, 4.69) is 37.4 Å². The van der Waals surface area contributed by atoms with Gasteiger partial charge >= 0.3 is 0 Å². The first-order valence-corrected chi connectivity index (χ1v) is 7.61. The standard InChI is InChI=1S/C18H22ClNO/c1-13(12-15-8-10-16(19)11-9-15)20-14(2)17-6-4-5-7-18(17)21-3/h4-11,13-14,20H,12H2,1-3H3/t13?,14-/m1/s1. The Kier molecular flexibility index (Phi) is 5.66. The van der Waals surface area contributed by atoms with Crippen LogP contribution in [0.5, 0.6) is 5.75 Å². The van der Waals surface area contributed by atoms with Gasteiger partial charge in [0.1, 0.15) is 5.75 Å². The van der Waals surface area contributed by atoms with Crippen LogP contribution in [0, 0.1) is 0 Å². The zero-order valence-corrected chi connectivity index (χ0v) is 13.5. The van der Waals surface area contributed by atoms with Crippen molar-refractivity contribution in [1.29, 1.82) is 0 Å². The lowest BCUT2D eigenvalue weighted by Crippen LogP contribution is -2.30. The van der Waals surface area contributed by atoms with E-state index in [9.17, 15) is 0 Å². The van der Waals surface area contributed by atoms with E-state index in [1.807, 2.05) is 30.3 Å². The van der Waals surface area contributed by atoms with Crippen LogP contribution in [0.4, 0.5) is 0 Å². The van der Waals surface area contributed by atoms with Crippen LogP contribution in [-0.2, 0) is 6.42 Å². The summed E-state index contributed by atoms with van der Waals surface area (Å²) < 4.78 is 5.42. The molecule has 0 saturated heterocycles. The van der Waals surface area contributed by atoms with Crippen LogP contribution < -0.4 is 10.1 Å². The lowest BCUT2D eigenvalue weighted by atomic mass is 10.0. The normalized spacial score (nSPS) is 13.7. The van der Waals surface area contributed by atoms with Crippen molar-refractivity contribution in [3.05, 3.63) is 64.7 Å². The maximum Gasteiger partial charge on any atom is 0.123 e. The van der Waals surface area contributed by atoms with Crippen molar-refractivity contribution in [2.24, 2.45) is 0 Å². The summed E-state index contributed by atoms with van der Waals surface area (Å²) in [5.74, 6) is 0.927. The first-order valence-electron chi connectivity index (χ1n) is 7.23. The molecule has 1 unspecified atom stereocenters. The van der Waals surface area contributed by atoms with Crippen molar-refractivity contribution < 1.29 is 4.74 Å². The fourth-order valence-electron chi connectivity index (χ4n) is 2.57. The molecule has 2 atom stereocenters. The molecule has 0 aromatic heterocycles. The summed E-state index contributed by atoms with van der Waals surface area (Å²) >= 11 is 5.92. The van der Waals surface area contributed by atoms with Gasteiger partial charge in [-0.25, -0.2) is 0 Å². The predicted molar refractivity (Wildman–Crippen MR) is 89.2 cm³/mol. The first kappa shape index (κ1) is 15.9. The van der Waals surface area contributed by atoms with E-state index in [4.69, 9.17) is 16.3 Å². The van der Waals surface area contributed by atoms with Gasteiger partial charge in [-0.3, -0.25) is 0 Å². The van der Waals surface area contributed by atoms with E-state index < -0.39 is 0 Å². The van der Waals surface area contributed by atoms with Crippen LogP contribution in [0.1, 0.15) is 31.0 Å². The fourth-order valence-corrected chi connectivity index (χ4v) is 2.70. The summed E-state index contributed by atoms with van der Waals surface area (Å²) in [6.45, 7) is 4.36. The molecule has 1 N–H and O–H groups in total. The first-order chi connectivity index (χ1) is 10.1. The van der Waals surface area contributed by atoms with Gasteiger partial charge in [0.2, 0.25) is 0 Å². The van der Waals surface area contributed by atoms with E-state index in [0.29, 0.717) is 6.04 Å². The summed E-state index contributed by atoms with van der Waals surface area (Å²) in [7, 11) is 1.71. The van der Waals surface area contributed by atoms with Gasteiger partial charge in [-0.1, -0.05) is 41.9 Å². The second-order valence-electron chi connectivity index (χ2n) is 5.36. The Morgan fingerprint density at radius 3 is 2.38 bits per heavy atom. The lowest BCUT2D eigenvalue weighted by Gasteiger charge is -2.22. The molecule has 0 heterocycles. The number of hydrogen-bond donors (Lipinski definition) is 1. The molecular formula is C18H22ClNO. The molecule has 0 amide bonds. The number of nitrogens with one attached hydrogen (secondary N) is 1. The highest BCUT2D eigenvalue weighted by Gasteiger charge is 2.13. The van der Waals surface area contributed by atoms with E-state index in [-0.39, 0.29) is 6.04 Å². The minimum absolute atomic E-state index is 0.239. The fraction of sp³-hybridized carbons (Fsp3) is 0.333. The Balaban J connectivity index is 1.98. The minimum atomic E-state index is 0.239. The number of methoxy groups -OCH3 is 1. The quantitative estimate of drug-likeness (QED) is 0.840. The Hall–Kier alpha value is -1.51. The topological polar surface area (TPSA) is 21.3 Å². The summed E-state index contributed by atoms with van der Waals surface area (Å²) in [5, 5.41) is 4.40. The van der Waals surface area contributed by atoms with Crippen LogP contribution in [-0.4, -0.2) is 13.2 Å². The third-order valence-electron chi connectivity index (χ3n) is 3.60. The van der Waals surface area contributed by atoms with Gasteiger partial charge in [-0.15, -0.1) is 0 Å². The van der Waals surface area contributed by atoms with Gasteiger partial charge in [-0.05, 0) is 44.0 Å². The summed E-state index contributed by atoms with van der Waals surface area (Å²) in [6.07, 6.45) is 0.969. The minimum Gasteiger partial charge on any atom is -0.496 e. The molecule has 0 aliphatic heterocycles. The van der Waals surface area contributed by atoms with E-state index in [1.165, 1.54) is 11.1 Å². The van der Waals surface area contributed by atoms with E-state index >= 15 is 0 Å². The predicted octanol–water partition coefficient (Wildman–Crippen LogP) is 4.63. The average Bonchev–Trinajstić information content (AvgIpc) is 2.49. The number of halogens is 1. The molecule has 0 aliphatic rings. The number of para-hydroxylation sites is 1. The molecule has 0 aliphatic carbocycles. The molecule has 2 aromatic rings. The highest BCUT2D eigenvalue weighted by molar-refractivity contribution is 6.30. The second-order valence-corrected chi connectivity index (χ2v) is 5.80. The summed E-state index contributed by atoms with van der Waals surface area (Å²) in [5.41, 5.74) is 2.47. The van der Waals surface area contributed by atoms with Crippen LogP contribution in [0.15, 0.2) is 48.5 Å². The Labute approximate surface area is 132 Å². The molecule has 0 saturated carbocycles. The lowest BCUT2D eigenvalue weighted by molar-refractivity contribution is 0.395. The highest BCUT2D eigenvalue weighted by Crippen LogP contribution is 2.25. The molecule has 21 heavy (non-hydrogen) atoms. The molecule has 0 bridgehead atoms. The second kappa shape index (κ2) is 7.48. The molecule has 0 radical (unpaired) electrons. The Morgan fingerprint density at radius 2 is 1.71 bits per heavy atom. The third-order valence-corrected chi connectivity index (χ3v) is 3.85. The average molecular weight is 304 g/mol. The zero-order chi connectivity index (χ0) is 15.2. The third kappa shape index (κ3) is 4.48. The van der Waals surface area contributed by atoms with Crippen LogP contribution in [0.25, 0.3) is 0 Å². The number of benzene rings is 2. The van der Waals surface area contributed by atoms with Crippen molar-refractivity contribution >= 4 is 11.6 Å². The SMILES string of the molecule is COc1ccccc1[C@@H](C)NC(C)Cc1ccc(Cl)cc1. The van der Waals surface area contributed by atoms with Gasteiger partial charge in [0.25, 0.3) is 0 Å². The van der Waals surface area contributed by atoms with Crippen LogP contribution >= 0.6 is 11.6 Å². The maximum absolute atomic E-state index is 5.92. The van der Waals surface area contributed by atoms with Crippen molar-refractivity contribution in [3.63, 3.8) is 0 Å². The monoisotopic (exact) mass is 303 g/mol. The molecule has 2 nitrogen and oxygen atoms in total. The van der Waals surface area contributed by atoms with Crippen molar-refractivity contribution in [3.8, 4) is 5.75 Å². The molecule has 112 valence electrons. The molecule has 0 spiro atoms. The number of rotatable bonds is 6. The van der Waals surface area contributed by atoms with Gasteiger partial charge in [0.05, 0.1) is 7.11 Å². The van der Waals surface area contributed by atoms with Gasteiger partial charge in [0.15, 0.2) is 0 Å². The molecular weight excluding hydrogens is 282 g/mol. The van der Waals surface area contributed by atoms with Crippen LogP contribution in [0.3, 0.4) is 0 Å². The number of hydrogen-bond acceptors (Lipinski definition) is 2. The van der Waals surface area contributed by atoms with Crippen molar-refractivity contribution in [1.82, 2.24) is 5.32 Å². The maximum atomic E-state index is 5.92. The van der Waals surface area contributed by atoms with Gasteiger partial charge < -0.3 is 10.1 Å². The molecule has 3 heteroatoms. The Morgan fingerprint density at radius 1 is 1.05 bits per heavy atom. The van der Waals surface area contributed by atoms with Crippen molar-refractivity contribution in [2.75, 3.05) is 7.11 Å². The largest absolute Gasteiger partial charge is 0.496 e. The number of ether oxygens (including phenoxy) is 1. The Bertz CT molecular complexity index is 568. The molecule has 2 rings (SSSR count). The van der Waals surface area contributed by atoms with Gasteiger partial charge in [-0.2, -0.15) is 0 Å². The zero-order valence-electron chi connectivity index (χ0n) is 12.8. The van der Waals surface area contributed by atoms with Crippen LogP contribution in [0.2, 0.25) is 5.02 Å². The van der Waals surface area contributed by atoms with E-state index in [0.717, 1.165) is 17.2 Å². The van der Waals surface area contributed by atoms with E-state index in [1.54, 1.807) is 7.11 Å². The smallest absolute Gasteiger partial charge is 0.123 e. The summed E-state index contributed by atoms with van der Waals surface area (Å²) in [4.78, 5) is 0. The summed E-state index contributed by atoms with van der Waals surface area (Å²) in [6, 6.07) is 16.8.